The monoisotopic (exact) mass is 108 g/mol. The second kappa shape index (κ2) is 1140. The molecule has 0 heterocycles. The van der Waals surface area contributed by atoms with Gasteiger partial charge in [-0.3, -0.25) is 4.70 Å². The zero-order valence-corrected chi connectivity index (χ0v) is 5.82. The van der Waals surface area contributed by atoms with Crippen molar-refractivity contribution in [3.8, 4) is 0 Å². The van der Waals surface area contributed by atoms with Crippen LogP contribution in [-0.4, -0.2) is 0 Å². The first-order valence-electron chi connectivity index (χ1n) is 2.50. The SMILES string of the molecule is C=C.CC.CC.F. The Hall–Kier alpha value is -0.330. The highest BCUT2D eigenvalue weighted by atomic mass is 19.0. The van der Waals surface area contributed by atoms with E-state index >= 15 is 0 Å². The van der Waals surface area contributed by atoms with Gasteiger partial charge in [-0.1, -0.05) is 27.7 Å². The van der Waals surface area contributed by atoms with Crippen molar-refractivity contribution in [2.75, 3.05) is 0 Å². The smallest absolute Gasteiger partial charge is 0.0683 e. The summed E-state index contributed by atoms with van der Waals surface area (Å²) >= 11 is 0. The molecule has 0 rings (SSSR count). The van der Waals surface area contributed by atoms with E-state index in [1.54, 1.807) is 0 Å². The Morgan fingerprint density at radius 2 is 0.714 bits per heavy atom. The minimum Gasteiger partial charge on any atom is -0.269 e. The van der Waals surface area contributed by atoms with Crippen molar-refractivity contribution < 1.29 is 4.70 Å². The maximum Gasteiger partial charge on any atom is -0.0683 e. The fourth-order valence-corrected chi connectivity index (χ4v) is 0. The van der Waals surface area contributed by atoms with Crippen LogP contribution in [0.15, 0.2) is 13.2 Å². The highest BCUT2D eigenvalue weighted by molar-refractivity contribution is 4.22. The van der Waals surface area contributed by atoms with Crippen LogP contribution in [0, 0.1) is 0 Å². The van der Waals surface area contributed by atoms with Gasteiger partial charge in [0.05, 0.1) is 0 Å². The van der Waals surface area contributed by atoms with Gasteiger partial charge in [-0.25, -0.2) is 0 Å². The van der Waals surface area contributed by atoms with Crippen molar-refractivity contribution >= 4 is 0 Å². The van der Waals surface area contributed by atoms with Crippen molar-refractivity contribution in [1.82, 2.24) is 0 Å². The largest absolute Gasteiger partial charge is 0.269 e. The molecule has 1 heteroatoms. The lowest BCUT2D eigenvalue weighted by Gasteiger charge is -1.07. The highest BCUT2D eigenvalue weighted by Crippen LogP contribution is 1.15. The molecule has 0 bridgehead atoms. The maximum absolute atomic E-state index is 3.00. The van der Waals surface area contributed by atoms with Gasteiger partial charge in [0.15, 0.2) is 0 Å². The second-order valence-electron chi connectivity index (χ2n) is 0. The van der Waals surface area contributed by atoms with Crippen LogP contribution in [0.2, 0.25) is 0 Å². The van der Waals surface area contributed by atoms with E-state index in [-0.39, 0.29) is 4.70 Å². The molecule has 0 spiro atoms. The van der Waals surface area contributed by atoms with E-state index < -0.39 is 0 Å². The first kappa shape index (κ1) is 30.1. The summed E-state index contributed by atoms with van der Waals surface area (Å²) in [5, 5.41) is 0. The molecule has 0 amide bonds. The minimum atomic E-state index is 0. The molecule has 0 aromatic heterocycles. The van der Waals surface area contributed by atoms with E-state index in [2.05, 4.69) is 13.2 Å². The van der Waals surface area contributed by atoms with Gasteiger partial charge in [-0.15, -0.1) is 13.2 Å². The molecule has 0 aliphatic carbocycles. The van der Waals surface area contributed by atoms with Crippen LogP contribution in [0.3, 0.4) is 0 Å². The van der Waals surface area contributed by atoms with Gasteiger partial charge in [0.1, 0.15) is 0 Å². The van der Waals surface area contributed by atoms with Crippen molar-refractivity contribution in [2.24, 2.45) is 0 Å². The third-order valence-electron chi connectivity index (χ3n) is 0. The Morgan fingerprint density at radius 3 is 0.714 bits per heavy atom. The summed E-state index contributed by atoms with van der Waals surface area (Å²) in [5.41, 5.74) is 0. The highest BCUT2D eigenvalue weighted by Gasteiger charge is 0.934. The Kier molecular flexibility index (Phi) is 4880. The maximum atomic E-state index is 3.00. The molecular weight excluding hydrogens is 91.1 g/mol. The van der Waals surface area contributed by atoms with Crippen LogP contribution < -0.4 is 0 Å². The molecule has 0 aliphatic rings. The summed E-state index contributed by atoms with van der Waals surface area (Å²) in [5.74, 6) is 0. The molecule has 7 heavy (non-hydrogen) atoms. The lowest BCUT2D eigenvalue weighted by Crippen LogP contribution is -0.856. The summed E-state index contributed by atoms with van der Waals surface area (Å²) in [4.78, 5) is 0. The minimum absolute atomic E-state index is 0. The molecule has 0 aromatic rings. The molecule has 0 unspecified atom stereocenters. The molecule has 0 N–H and O–H groups in total. The van der Waals surface area contributed by atoms with Gasteiger partial charge in [0.25, 0.3) is 0 Å². The standard InChI is InChI=1S/2C2H6.C2H4.FH/c3*1-2;/h2*1-2H3;1-2H2;1H. The fraction of sp³-hybridized carbons (Fsp3) is 0.667. The summed E-state index contributed by atoms with van der Waals surface area (Å²) in [6.45, 7) is 14.0. The van der Waals surface area contributed by atoms with Gasteiger partial charge in [-0.2, -0.15) is 0 Å². The van der Waals surface area contributed by atoms with E-state index in [9.17, 15) is 0 Å². The van der Waals surface area contributed by atoms with Crippen molar-refractivity contribution in [3.63, 3.8) is 0 Å². The third kappa shape index (κ3) is 701. The van der Waals surface area contributed by atoms with Crippen LogP contribution in [0.25, 0.3) is 0 Å². The lowest BCUT2D eigenvalue weighted by atomic mass is 11.0. The fourth-order valence-electron chi connectivity index (χ4n) is 0. The second-order valence-corrected chi connectivity index (χ2v) is 0. The average molecular weight is 108 g/mol. The first-order chi connectivity index (χ1) is 3.00. The van der Waals surface area contributed by atoms with Gasteiger partial charge in [0.2, 0.25) is 0 Å². The molecule has 0 radical (unpaired) electrons. The normalized spacial score (nSPS) is 2.29. The molecular formula is C6H17F. The predicted molar refractivity (Wildman–Crippen MR) is 36.5 cm³/mol. The Balaban J connectivity index is -0.00000000900. The number of hydrogen-bond donors (Lipinski definition) is 0. The van der Waals surface area contributed by atoms with Crippen LogP contribution in [0.1, 0.15) is 27.7 Å². The third-order valence-corrected chi connectivity index (χ3v) is 0. The Labute approximate surface area is 46.6 Å². The molecule has 0 saturated carbocycles. The van der Waals surface area contributed by atoms with E-state index in [0.29, 0.717) is 0 Å². The van der Waals surface area contributed by atoms with E-state index in [0.717, 1.165) is 0 Å². The summed E-state index contributed by atoms with van der Waals surface area (Å²) in [7, 11) is 0. The first-order valence-corrected chi connectivity index (χ1v) is 2.50. The Morgan fingerprint density at radius 1 is 0.714 bits per heavy atom. The van der Waals surface area contributed by atoms with Gasteiger partial charge in [-0.05, 0) is 0 Å². The van der Waals surface area contributed by atoms with Crippen molar-refractivity contribution in [2.45, 2.75) is 27.7 Å². The number of rotatable bonds is 0. The number of halogens is 1. The van der Waals surface area contributed by atoms with Crippen LogP contribution in [0.5, 0.6) is 0 Å². The Bertz CT molecular complexity index is 4.14. The van der Waals surface area contributed by atoms with Gasteiger partial charge < -0.3 is 0 Å². The summed E-state index contributed by atoms with van der Waals surface area (Å²) in [6, 6.07) is 0. The molecule has 0 nitrogen and oxygen atoms in total. The summed E-state index contributed by atoms with van der Waals surface area (Å²) in [6.07, 6.45) is 0. The molecule has 0 fully saturated rings. The zero-order chi connectivity index (χ0) is 6.00. The lowest BCUT2D eigenvalue weighted by molar-refractivity contribution is 1.11. The van der Waals surface area contributed by atoms with E-state index in [4.69, 9.17) is 0 Å². The zero-order valence-electron chi connectivity index (χ0n) is 5.82. The average Bonchev–Trinajstić information content (AvgIpc) is 1.81. The van der Waals surface area contributed by atoms with Gasteiger partial charge >= 0.3 is 0 Å². The molecule has 0 aliphatic heterocycles. The van der Waals surface area contributed by atoms with Crippen LogP contribution in [0.4, 0.5) is 4.70 Å². The predicted octanol–water partition coefficient (Wildman–Crippen LogP) is 3.01. The number of hydrogen-bond acceptors (Lipinski definition) is 0. The molecule has 0 aromatic carbocycles. The van der Waals surface area contributed by atoms with Crippen molar-refractivity contribution in [1.29, 1.82) is 0 Å². The van der Waals surface area contributed by atoms with Crippen LogP contribution in [-0.2, 0) is 0 Å². The van der Waals surface area contributed by atoms with Gasteiger partial charge in [0, 0.05) is 0 Å². The summed E-state index contributed by atoms with van der Waals surface area (Å²) < 4.78 is 0. The van der Waals surface area contributed by atoms with Crippen LogP contribution >= 0.6 is 0 Å². The van der Waals surface area contributed by atoms with Crippen molar-refractivity contribution in [3.05, 3.63) is 13.2 Å². The topological polar surface area (TPSA) is 0 Å². The van der Waals surface area contributed by atoms with E-state index in [1.165, 1.54) is 0 Å². The molecule has 0 atom stereocenters. The quantitative estimate of drug-likeness (QED) is 0.418. The van der Waals surface area contributed by atoms with E-state index in [1.807, 2.05) is 27.7 Å². The molecule has 0 saturated heterocycles. The molecule has 48 valence electrons.